The van der Waals surface area contributed by atoms with E-state index in [2.05, 4.69) is 0 Å². The van der Waals surface area contributed by atoms with E-state index in [1.165, 1.54) is 18.2 Å². The monoisotopic (exact) mass is 458 g/mol. The van der Waals surface area contributed by atoms with Gasteiger partial charge in [0, 0.05) is 16.9 Å². The number of rotatable bonds is 5. The van der Waals surface area contributed by atoms with Gasteiger partial charge in [0.15, 0.2) is 11.6 Å². The van der Waals surface area contributed by atoms with Crippen molar-refractivity contribution in [1.82, 2.24) is 0 Å². The van der Waals surface area contributed by atoms with E-state index in [0.29, 0.717) is 5.56 Å². The molecule has 0 aliphatic heterocycles. The fraction of sp³-hybridized carbons (Fsp3) is 0.0400. The molecule has 0 aliphatic rings. The predicted octanol–water partition coefficient (Wildman–Crippen LogP) is 6.80. The summed E-state index contributed by atoms with van der Waals surface area (Å²) in [4.78, 5) is 0. The number of hydrogen-bond acceptors (Lipinski definition) is 1. The number of benzene rings is 4. The van der Waals surface area contributed by atoms with Crippen molar-refractivity contribution in [3.05, 3.63) is 107 Å². The molecule has 0 spiro atoms. The summed E-state index contributed by atoms with van der Waals surface area (Å²) >= 11 is 0. The van der Waals surface area contributed by atoms with E-state index in [0.717, 1.165) is 23.8 Å². The van der Waals surface area contributed by atoms with E-state index in [-0.39, 0.29) is 22.2 Å². The van der Waals surface area contributed by atoms with Crippen LogP contribution in [0.15, 0.2) is 72.8 Å². The minimum Gasteiger partial charge on any atom is -0.489 e. The lowest BCUT2D eigenvalue weighted by Gasteiger charge is -2.12. The Hall–Kier alpha value is -3.24. The van der Waals surface area contributed by atoms with Crippen LogP contribution in [-0.4, -0.2) is 0 Å². The van der Waals surface area contributed by atoms with Gasteiger partial charge in [-0.3, -0.25) is 0 Å². The second-order valence-electron chi connectivity index (χ2n) is 7.08. The molecule has 0 saturated heterocycles. The zero-order valence-electron chi connectivity index (χ0n) is 16.5. The van der Waals surface area contributed by atoms with Crippen LogP contribution in [0.3, 0.4) is 0 Å². The SMILES string of the molecule is Fc1cc(-c2ccccc2)ccc1-c1cc(F)c(COc2cc(F)c(F)c(P)c2)c(F)c1. The van der Waals surface area contributed by atoms with Gasteiger partial charge in [-0.1, -0.05) is 42.5 Å². The lowest BCUT2D eigenvalue weighted by Crippen LogP contribution is -2.07. The molecule has 4 aromatic carbocycles. The molecule has 1 nitrogen and oxygen atoms in total. The Morgan fingerprint density at radius 2 is 1.28 bits per heavy atom. The van der Waals surface area contributed by atoms with Gasteiger partial charge in [-0.05, 0) is 41.0 Å². The van der Waals surface area contributed by atoms with E-state index in [4.69, 9.17) is 4.74 Å². The highest BCUT2D eigenvalue weighted by molar-refractivity contribution is 7.27. The lowest BCUT2D eigenvalue weighted by molar-refractivity contribution is 0.290. The van der Waals surface area contributed by atoms with Crippen LogP contribution in [0.25, 0.3) is 22.3 Å². The molecule has 0 radical (unpaired) electrons. The average Bonchev–Trinajstić information content (AvgIpc) is 2.77. The molecule has 0 aromatic heterocycles. The van der Waals surface area contributed by atoms with Crippen molar-refractivity contribution < 1.29 is 26.7 Å². The van der Waals surface area contributed by atoms with Gasteiger partial charge in [0.2, 0.25) is 0 Å². The summed E-state index contributed by atoms with van der Waals surface area (Å²) in [5.74, 6) is -4.79. The van der Waals surface area contributed by atoms with Crippen molar-refractivity contribution >= 4 is 14.5 Å². The van der Waals surface area contributed by atoms with Crippen molar-refractivity contribution in [2.24, 2.45) is 0 Å². The maximum absolute atomic E-state index is 14.7. The van der Waals surface area contributed by atoms with Crippen LogP contribution in [0, 0.1) is 29.1 Å². The van der Waals surface area contributed by atoms with Crippen LogP contribution in [0.4, 0.5) is 22.0 Å². The summed E-state index contributed by atoms with van der Waals surface area (Å²) in [6.07, 6.45) is 0. The van der Waals surface area contributed by atoms with Gasteiger partial charge in [-0.2, -0.15) is 0 Å². The van der Waals surface area contributed by atoms with Crippen molar-refractivity contribution in [3.63, 3.8) is 0 Å². The first-order chi connectivity index (χ1) is 15.3. The summed E-state index contributed by atoms with van der Waals surface area (Å²) in [6, 6.07) is 17.6. The largest absolute Gasteiger partial charge is 0.489 e. The summed E-state index contributed by atoms with van der Waals surface area (Å²) in [6.45, 7) is -0.553. The molecule has 0 N–H and O–H groups in total. The lowest BCUT2D eigenvalue weighted by atomic mass is 9.98. The summed E-state index contributed by atoms with van der Waals surface area (Å²) in [5, 5.41) is -0.0780. The normalized spacial score (nSPS) is 10.9. The highest BCUT2D eigenvalue weighted by atomic mass is 31.0. The molecule has 0 bridgehead atoms. The molecule has 0 fully saturated rings. The highest BCUT2D eigenvalue weighted by Gasteiger charge is 2.16. The summed E-state index contributed by atoms with van der Waals surface area (Å²) in [7, 11) is 2.01. The first kappa shape index (κ1) is 22.0. The van der Waals surface area contributed by atoms with E-state index < -0.39 is 41.3 Å². The molecule has 7 heteroatoms. The maximum atomic E-state index is 14.7. The second kappa shape index (κ2) is 9.09. The summed E-state index contributed by atoms with van der Waals surface area (Å²) < 4.78 is 76.0. The minimum absolute atomic E-state index is 0.0286. The number of ether oxygens (including phenoxy) is 1. The second-order valence-corrected chi connectivity index (χ2v) is 7.70. The Morgan fingerprint density at radius 3 is 1.91 bits per heavy atom. The van der Waals surface area contributed by atoms with Gasteiger partial charge in [-0.15, -0.1) is 9.24 Å². The van der Waals surface area contributed by atoms with Gasteiger partial charge < -0.3 is 4.74 Å². The van der Waals surface area contributed by atoms with Crippen LogP contribution in [0.2, 0.25) is 0 Å². The molecule has 1 atom stereocenters. The molecule has 4 rings (SSSR count). The Morgan fingerprint density at radius 1 is 0.625 bits per heavy atom. The van der Waals surface area contributed by atoms with E-state index in [1.807, 2.05) is 39.6 Å². The van der Waals surface area contributed by atoms with Gasteiger partial charge in [0.05, 0.1) is 5.56 Å². The smallest absolute Gasteiger partial charge is 0.166 e. The number of halogens is 5. The average molecular weight is 458 g/mol. The fourth-order valence-corrected chi connectivity index (χ4v) is 3.58. The van der Waals surface area contributed by atoms with Crippen LogP contribution in [0.5, 0.6) is 5.75 Å². The quantitative estimate of drug-likeness (QED) is 0.236. The highest BCUT2D eigenvalue weighted by Crippen LogP contribution is 2.30. The summed E-state index contributed by atoms with van der Waals surface area (Å²) in [5.41, 5.74) is 1.11. The Labute approximate surface area is 183 Å². The molecular formula is C25H16F5OP. The van der Waals surface area contributed by atoms with E-state index >= 15 is 0 Å². The van der Waals surface area contributed by atoms with Crippen LogP contribution in [-0.2, 0) is 6.61 Å². The zero-order chi connectivity index (χ0) is 22.8. The predicted molar refractivity (Wildman–Crippen MR) is 117 cm³/mol. The Balaban J connectivity index is 1.59. The standard InChI is InChI=1S/C25H16F5OP/c26-20-8-15(14-4-2-1-3-5-14)6-7-18(20)16-9-21(27)19(22(28)10-16)13-31-17-11-23(29)25(30)24(32)12-17/h1-12H,13,32H2. The molecule has 32 heavy (non-hydrogen) atoms. The van der Waals surface area contributed by atoms with Crippen molar-refractivity contribution in [1.29, 1.82) is 0 Å². The third kappa shape index (κ3) is 4.51. The molecule has 0 saturated carbocycles. The van der Waals surface area contributed by atoms with Crippen molar-refractivity contribution in [3.8, 4) is 28.0 Å². The van der Waals surface area contributed by atoms with Gasteiger partial charge in [0.25, 0.3) is 0 Å². The molecule has 0 aliphatic carbocycles. The van der Waals surface area contributed by atoms with Crippen LogP contribution >= 0.6 is 9.24 Å². The number of hydrogen-bond donors (Lipinski definition) is 0. The fourth-order valence-electron chi connectivity index (χ4n) is 3.28. The van der Waals surface area contributed by atoms with Gasteiger partial charge in [-0.25, -0.2) is 22.0 Å². The Kier molecular flexibility index (Phi) is 6.24. The molecular weight excluding hydrogens is 442 g/mol. The maximum Gasteiger partial charge on any atom is 0.166 e. The first-order valence-corrected chi connectivity index (χ1v) is 10.1. The molecule has 0 amide bonds. The van der Waals surface area contributed by atoms with Crippen molar-refractivity contribution in [2.45, 2.75) is 6.61 Å². The third-order valence-electron chi connectivity index (χ3n) is 4.94. The molecule has 1 unspecified atom stereocenters. The van der Waals surface area contributed by atoms with Gasteiger partial charge in [0.1, 0.15) is 29.8 Å². The minimum atomic E-state index is -1.14. The van der Waals surface area contributed by atoms with Crippen LogP contribution in [0.1, 0.15) is 5.56 Å². The van der Waals surface area contributed by atoms with E-state index in [1.54, 1.807) is 6.07 Å². The topological polar surface area (TPSA) is 9.23 Å². The van der Waals surface area contributed by atoms with Crippen molar-refractivity contribution in [2.75, 3.05) is 0 Å². The van der Waals surface area contributed by atoms with E-state index in [9.17, 15) is 22.0 Å². The molecule has 4 aromatic rings. The van der Waals surface area contributed by atoms with Gasteiger partial charge >= 0.3 is 0 Å². The molecule has 0 heterocycles. The first-order valence-electron chi connectivity index (χ1n) is 9.54. The molecule has 162 valence electrons. The third-order valence-corrected chi connectivity index (χ3v) is 5.36. The van der Waals surface area contributed by atoms with Crippen LogP contribution < -0.4 is 10.0 Å². The zero-order valence-corrected chi connectivity index (χ0v) is 17.7. The Bertz CT molecular complexity index is 1250.